The predicted molar refractivity (Wildman–Crippen MR) is 53.5 cm³/mol. The average Bonchev–Trinajstić information content (AvgIpc) is 2.23. The number of hydrogen-bond acceptors (Lipinski definition) is 6. The Labute approximate surface area is 93.5 Å². The summed E-state index contributed by atoms with van der Waals surface area (Å²) in [7, 11) is 0. The Morgan fingerprint density at radius 1 is 1.38 bits per heavy atom. The van der Waals surface area contributed by atoms with Crippen LogP contribution in [-0.2, 0) is 9.63 Å². The van der Waals surface area contributed by atoms with Gasteiger partial charge in [0.05, 0.1) is 0 Å². The van der Waals surface area contributed by atoms with Gasteiger partial charge in [0.15, 0.2) is 6.23 Å². The van der Waals surface area contributed by atoms with Crippen molar-refractivity contribution in [2.75, 3.05) is 0 Å². The van der Waals surface area contributed by atoms with Crippen molar-refractivity contribution in [2.45, 2.75) is 51.2 Å². The van der Waals surface area contributed by atoms with Gasteiger partial charge in [0.25, 0.3) is 0 Å². The number of aliphatic hydroxyl groups is 3. The standard InChI is InChI=1S/C9H18N2O5/c1-3-4-6(12)10-11-9(15)8(14)7(13)5(2)16-11/h5,7-9,13-15H,3-4H2,1-2H3,(H,10,12)/t5?,7-,8?,9?/m1/s1. The molecule has 4 N–H and O–H groups in total. The second-order valence-electron chi connectivity index (χ2n) is 3.82. The molecule has 1 fully saturated rings. The molecular formula is C9H18N2O5. The number of nitrogens with one attached hydrogen (secondary N) is 1. The van der Waals surface area contributed by atoms with Crippen molar-refractivity contribution in [2.24, 2.45) is 0 Å². The summed E-state index contributed by atoms with van der Waals surface area (Å²) >= 11 is 0. The van der Waals surface area contributed by atoms with E-state index in [2.05, 4.69) is 5.43 Å². The van der Waals surface area contributed by atoms with Gasteiger partial charge < -0.3 is 15.3 Å². The highest BCUT2D eigenvalue weighted by Gasteiger charge is 2.41. The predicted octanol–water partition coefficient (Wildman–Crippen LogP) is -1.51. The van der Waals surface area contributed by atoms with E-state index in [0.29, 0.717) is 12.8 Å². The van der Waals surface area contributed by atoms with E-state index in [1.165, 1.54) is 6.92 Å². The first-order valence-electron chi connectivity index (χ1n) is 5.27. The fourth-order valence-electron chi connectivity index (χ4n) is 1.39. The fourth-order valence-corrected chi connectivity index (χ4v) is 1.39. The summed E-state index contributed by atoms with van der Waals surface area (Å²) in [6.45, 7) is 3.37. The molecule has 1 heterocycles. The number of carbonyl (C=O) groups is 1. The maximum absolute atomic E-state index is 11.3. The van der Waals surface area contributed by atoms with Gasteiger partial charge in [0, 0.05) is 6.42 Å². The Balaban J connectivity index is 2.57. The lowest BCUT2D eigenvalue weighted by Crippen LogP contribution is -2.63. The summed E-state index contributed by atoms with van der Waals surface area (Å²) in [4.78, 5) is 16.3. The van der Waals surface area contributed by atoms with Crippen LogP contribution in [0.3, 0.4) is 0 Å². The Hall–Kier alpha value is -0.730. The van der Waals surface area contributed by atoms with Gasteiger partial charge >= 0.3 is 0 Å². The van der Waals surface area contributed by atoms with Crippen molar-refractivity contribution in [3.05, 3.63) is 0 Å². The lowest BCUT2D eigenvalue weighted by atomic mass is 10.1. The molecule has 1 aliphatic rings. The Kier molecular flexibility index (Phi) is 4.63. The van der Waals surface area contributed by atoms with E-state index in [1.807, 2.05) is 6.92 Å². The number of hydrazine groups is 1. The number of nitrogens with zero attached hydrogens (tertiary/aromatic N) is 1. The van der Waals surface area contributed by atoms with Crippen LogP contribution in [-0.4, -0.2) is 50.9 Å². The SMILES string of the molecule is CCCC(=O)NN1OC(C)[C@@H](O)C(O)C1O. The van der Waals surface area contributed by atoms with Crippen molar-refractivity contribution in [3.8, 4) is 0 Å². The van der Waals surface area contributed by atoms with Crippen LogP contribution in [0.1, 0.15) is 26.7 Å². The van der Waals surface area contributed by atoms with Crippen LogP contribution < -0.4 is 5.43 Å². The van der Waals surface area contributed by atoms with Gasteiger partial charge in [0.2, 0.25) is 5.91 Å². The minimum Gasteiger partial charge on any atom is -0.387 e. The molecule has 94 valence electrons. The quantitative estimate of drug-likeness (QED) is 0.473. The second kappa shape index (κ2) is 5.55. The number of hydrogen-bond donors (Lipinski definition) is 4. The minimum atomic E-state index is -1.48. The normalized spacial score (nSPS) is 36.1. The molecule has 0 bridgehead atoms. The molecule has 0 aromatic rings. The molecule has 7 heteroatoms. The number of amides is 1. The van der Waals surface area contributed by atoms with Crippen molar-refractivity contribution in [1.82, 2.24) is 10.6 Å². The molecule has 1 rings (SSSR count). The highest BCUT2D eigenvalue weighted by molar-refractivity contribution is 5.75. The molecule has 0 spiro atoms. The molecule has 0 radical (unpaired) electrons. The summed E-state index contributed by atoms with van der Waals surface area (Å²) in [5.74, 6) is -0.322. The van der Waals surface area contributed by atoms with Crippen LogP contribution in [0.5, 0.6) is 0 Å². The molecule has 4 atom stereocenters. The molecule has 1 saturated heterocycles. The van der Waals surface area contributed by atoms with Crippen molar-refractivity contribution >= 4 is 5.91 Å². The highest BCUT2D eigenvalue weighted by Crippen LogP contribution is 2.17. The van der Waals surface area contributed by atoms with Gasteiger partial charge in [-0.1, -0.05) is 12.1 Å². The summed E-state index contributed by atoms with van der Waals surface area (Å²) in [6.07, 6.45) is -3.80. The lowest BCUT2D eigenvalue weighted by Gasteiger charge is -2.40. The van der Waals surface area contributed by atoms with Gasteiger partial charge in [-0.15, -0.1) is 0 Å². The van der Waals surface area contributed by atoms with Crippen molar-refractivity contribution in [3.63, 3.8) is 0 Å². The van der Waals surface area contributed by atoms with E-state index >= 15 is 0 Å². The van der Waals surface area contributed by atoms with E-state index in [4.69, 9.17) is 4.84 Å². The summed E-state index contributed by atoms with van der Waals surface area (Å²) in [5, 5.41) is 29.2. The molecule has 1 amide bonds. The summed E-state index contributed by atoms with van der Waals surface area (Å²) in [6, 6.07) is 0. The van der Waals surface area contributed by atoms with E-state index in [-0.39, 0.29) is 5.91 Å². The largest absolute Gasteiger partial charge is 0.387 e. The van der Waals surface area contributed by atoms with Gasteiger partial charge in [-0.25, -0.2) is 0 Å². The van der Waals surface area contributed by atoms with E-state index in [1.54, 1.807) is 0 Å². The first kappa shape index (κ1) is 13.3. The van der Waals surface area contributed by atoms with Gasteiger partial charge in [-0.05, 0) is 13.3 Å². The number of hydroxylamine groups is 1. The molecule has 7 nitrogen and oxygen atoms in total. The molecule has 16 heavy (non-hydrogen) atoms. The van der Waals surface area contributed by atoms with Crippen LogP contribution in [0.25, 0.3) is 0 Å². The number of carbonyl (C=O) groups excluding carboxylic acids is 1. The zero-order valence-electron chi connectivity index (χ0n) is 9.33. The smallest absolute Gasteiger partial charge is 0.236 e. The topological polar surface area (TPSA) is 102 Å². The molecule has 0 aliphatic carbocycles. The second-order valence-corrected chi connectivity index (χ2v) is 3.82. The first-order chi connectivity index (χ1) is 7.47. The molecular weight excluding hydrogens is 216 g/mol. The molecule has 0 saturated carbocycles. The third kappa shape index (κ3) is 2.89. The maximum Gasteiger partial charge on any atom is 0.236 e. The molecule has 1 aliphatic heterocycles. The summed E-state index contributed by atoms with van der Waals surface area (Å²) < 4.78 is 0. The average molecular weight is 234 g/mol. The Bertz CT molecular complexity index is 250. The maximum atomic E-state index is 11.3. The zero-order valence-corrected chi connectivity index (χ0v) is 9.33. The van der Waals surface area contributed by atoms with Gasteiger partial charge in [0.1, 0.15) is 18.3 Å². The van der Waals surface area contributed by atoms with Crippen LogP contribution in [0.15, 0.2) is 0 Å². The molecule has 0 aromatic carbocycles. The van der Waals surface area contributed by atoms with Crippen LogP contribution in [0, 0.1) is 0 Å². The van der Waals surface area contributed by atoms with Crippen molar-refractivity contribution < 1.29 is 25.0 Å². The van der Waals surface area contributed by atoms with E-state index in [0.717, 1.165) is 5.17 Å². The van der Waals surface area contributed by atoms with E-state index in [9.17, 15) is 20.1 Å². The molecule has 3 unspecified atom stereocenters. The molecule has 0 aromatic heterocycles. The zero-order chi connectivity index (χ0) is 12.3. The lowest BCUT2D eigenvalue weighted by molar-refractivity contribution is -0.361. The van der Waals surface area contributed by atoms with Crippen molar-refractivity contribution in [1.29, 1.82) is 0 Å². The Morgan fingerprint density at radius 3 is 2.56 bits per heavy atom. The summed E-state index contributed by atoms with van der Waals surface area (Å²) in [5.41, 5.74) is 2.30. The number of rotatable bonds is 3. The van der Waals surface area contributed by atoms with Crippen LogP contribution >= 0.6 is 0 Å². The van der Waals surface area contributed by atoms with E-state index < -0.39 is 24.5 Å². The highest BCUT2D eigenvalue weighted by atomic mass is 16.7. The number of aliphatic hydroxyl groups excluding tert-OH is 3. The first-order valence-corrected chi connectivity index (χ1v) is 5.27. The van der Waals surface area contributed by atoms with Crippen LogP contribution in [0.2, 0.25) is 0 Å². The Morgan fingerprint density at radius 2 is 2.00 bits per heavy atom. The van der Waals surface area contributed by atoms with Gasteiger partial charge in [-0.3, -0.25) is 15.1 Å². The monoisotopic (exact) mass is 234 g/mol. The third-order valence-electron chi connectivity index (χ3n) is 2.37. The van der Waals surface area contributed by atoms with Gasteiger partial charge in [-0.2, -0.15) is 0 Å². The fraction of sp³-hybridized carbons (Fsp3) is 0.889. The minimum absolute atomic E-state index is 0.291. The van der Waals surface area contributed by atoms with Crippen LogP contribution in [0.4, 0.5) is 0 Å². The third-order valence-corrected chi connectivity index (χ3v) is 2.37.